The quantitative estimate of drug-likeness (QED) is 0.654. The second kappa shape index (κ2) is 6.52. The van der Waals surface area contributed by atoms with E-state index < -0.39 is 0 Å². The molecule has 0 radical (unpaired) electrons. The minimum atomic E-state index is -0.285. The first-order valence-corrected chi connectivity index (χ1v) is 6.85. The maximum Gasteiger partial charge on any atom is 0.292 e. The van der Waals surface area contributed by atoms with Gasteiger partial charge in [-0.05, 0) is 44.8 Å². The monoisotopic (exact) mass is 263 g/mol. The minimum absolute atomic E-state index is 0.219. The summed E-state index contributed by atoms with van der Waals surface area (Å²) in [6.07, 6.45) is 3.47. The van der Waals surface area contributed by atoms with Crippen LogP contribution < -0.4 is 10.2 Å². The third-order valence-electron chi connectivity index (χ3n) is 3.74. The zero-order valence-corrected chi connectivity index (χ0v) is 11.3. The van der Waals surface area contributed by atoms with Gasteiger partial charge in [0, 0.05) is 19.2 Å². The number of nitrogens with one attached hydrogen (secondary N) is 1. The first kappa shape index (κ1) is 13.8. The molecule has 19 heavy (non-hydrogen) atoms. The molecule has 1 aromatic rings. The van der Waals surface area contributed by atoms with E-state index in [1.54, 1.807) is 12.1 Å². The van der Waals surface area contributed by atoms with Gasteiger partial charge in [0.25, 0.3) is 5.69 Å². The molecular weight excluding hydrogens is 242 g/mol. The van der Waals surface area contributed by atoms with Crippen molar-refractivity contribution < 1.29 is 4.92 Å². The van der Waals surface area contributed by atoms with Gasteiger partial charge in [-0.15, -0.1) is 0 Å². The molecule has 104 valence electrons. The van der Waals surface area contributed by atoms with Crippen LogP contribution in [0.3, 0.4) is 0 Å². The van der Waals surface area contributed by atoms with Crippen molar-refractivity contribution in [1.29, 1.82) is 0 Å². The van der Waals surface area contributed by atoms with E-state index in [1.807, 2.05) is 19.2 Å². The molecule has 5 nitrogen and oxygen atoms in total. The molecule has 1 saturated heterocycles. The molecule has 2 rings (SSSR count). The van der Waals surface area contributed by atoms with Crippen LogP contribution in [0.4, 0.5) is 11.4 Å². The Morgan fingerprint density at radius 3 is 3.00 bits per heavy atom. The molecule has 0 saturated carbocycles. The number of anilines is 1. The highest BCUT2D eigenvalue weighted by atomic mass is 16.6. The van der Waals surface area contributed by atoms with Gasteiger partial charge in [0.15, 0.2) is 0 Å². The summed E-state index contributed by atoms with van der Waals surface area (Å²) in [4.78, 5) is 13.0. The second-order valence-electron chi connectivity index (χ2n) is 5.09. The number of benzene rings is 1. The van der Waals surface area contributed by atoms with E-state index in [0.29, 0.717) is 5.92 Å². The smallest absolute Gasteiger partial charge is 0.292 e. The second-order valence-corrected chi connectivity index (χ2v) is 5.09. The molecule has 1 heterocycles. The van der Waals surface area contributed by atoms with Crippen LogP contribution in [0.1, 0.15) is 19.3 Å². The summed E-state index contributed by atoms with van der Waals surface area (Å²) in [7, 11) is 1.96. The predicted molar refractivity (Wildman–Crippen MR) is 76.6 cm³/mol. The van der Waals surface area contributed by atoms with Crippen LogP contribution in [0.5, 0.6) is 0 Å². The van der Waals surface area contributed by atoms with E-state index in [1.165, 1.54) is 6.42 Å². The predicted octanol–water partition coefficient (Wildman–Crippen LogP) is 2.42. The van der Waals surface area contributed by atoms with Crippen LogP contribution in [0.2, 0.25) is 0 Å². The molecule has 1 atom stereocenters. The van der Waals surface area contributed by atoms with Crippen molar-refractivity contribution in [3.63, 3.8) is 0 Å². The lowest BCUT2D eigenvalue weighted by atomic mass is 9.94. The summed E-state index contributed by atoms with van der Waals surface area (Å²) in [6, 6.07) is 7.05. The molecular formula is C14H21N3O2. The van der Waals surface area contributed by atoms with Crippen molar-refractivity contribution in [2.75, 3.05) is 31.6 Å². The Bertz CT molecular complexity index is 436. The zero-order chi connectivity index (χ0) is 13.7. The number of hydrogen-bond acceptors (Lipinski definition) is 4. The Morgan fingerprint density at radius 1 is 1.47 bits per heavy atom. The summed E-state index contributed by atoms with van der Waals surface area (Å²) in [6.45, 7) is 2.85. The summed E-state index contributed by atoms with van der Waals surface area (Å²) in [5, 5.41) is 14.3. The number of hydrogen-bond donors (Lipinski definition) is 1. The number of piperidine rings is 1. The van der Waals surface area contributed by atoms with E-state index >= 15 is 0 Å². The Labute approximate surface area is 113 Å². The van der Waals surface area contributed by atoms with Crippen molar-refractivity contribution in [2.45, 2.75) is 19.3 Å². The molecule has 1 aliphatic rings. The first-order chi connectivity index (χ1) is 9.22. The number of rotatable bonds is 5. The van der Waals surface area contributed by atoms with E-state index in [-0.39, 0.29) is 10.6 Å². The highest BCUT2D eigenvalue weighted by Gasteiger charge is 2.24. The van der Waals surface area contributed by atoms with Crippen LogP contribution in [-0.2, 0) is 0 Å². The maximum atomic E-state index is 11.1. The molecule has 1 aliphatic heterocycles. The average Bonchev–Trinajstić information content (AvgIpc) is 2.45. The van der Waals surface area contributed by atoms with Crippen LogP contribution in [0, 0.1) is 16.0 Å². The van der Waals surface area contributed by atoms with Crippen molar-refractivity contribution in [3.8, 4) is 0 Å². The van der Waals surface area contributed by atoms with Crippen LogP contribution in [0.25, 0.3) is 0 Å². The molecule has 0 amide bonds. The van der Waals surface area contributed by atoms with Gasteiger partial charge in [-0.2, -0.15) is 0 Å². The summed E-state index contributed by atoms with van der Waals surface area (Å²) in [5.74, 6) is 0.626. The fourth-order valence-electron chi connectivity index (χ4n) is 2.75. The van der Waals surface area contributed by atoms with Crippen molar-refractivity contribution in [3.05, 3.63) is 34.4 Å². The first-order valence-electron chi connectivity index (χ1n) is 6.85. The summed E-state index contributed by atoms with van der Waals surface area (Å²) < 4.78 is 0. The van der Waals surface area contributed by atoms with Gasteiger partial charge in [-0.25, -0.2) is 0 Å². The van der Waals surface area contributed by atoms with Gasteiger partial charge in [0.1, 0.15) is 5.69 Å². The van der Waals surface area contributed by atoms with Crippen LogP contribution in [0.15, 0.2) is 24.3 Å². The molecule has 1 N–H and O–H groups in total. The normalized spacial score (nSPS) is 19.4. The molecule has 5 heteroatoms. The number of nitro groups is 1. The molecule has 1 fully saturated rings. The molecule has 1 aromatic carbocycles. The van der Waals surface area contributed by atoms with Gasteiger partial charge in [0.05, 0.1) is 4.92 Å². The van der Waals surface area contributed by atoms with Crippen LogP contribution >= 0.6 is 0 Å². The Kier molecular flexibility index (Phi) is 4.74. The van der Waals surface area contributed by atoms with Gasteiger partial charge in [-0.1, -0.05) is 12.1 Å². The molecule has 0 bridgehead atoms. The molecule has 0 aliphatic carbocycles. The lowest BCUT2D eigenvalue weighted by molar-refractivity contribution is -0.384. The Morgan fingerprint density at radius 2 is 2.26 bits per heavy atom. The van der Waals surface area contributed by atoms with Crippen LogP contribution in [-0.4, -0.2) is 31.6 Å². The fraction of sp³-hybridized carbons (Fsp3) is 0.571. The average molecular weight is 263 g/mol. The van der Waals surface area contributed by atoms with Gasteiger partial charge < -0.3 is 10.2 Å². The standard InChI is InChI=1S/C14H21N3O2/c1-15-9-8-12-5-4-10-16(11-12)13-6-2-3-7-14(13)17(18)19/h2-3,6-7,12,15H,4-5,8-11H2,1H3. The maximum absolute atomic E-state index is 11.1. The zero-order valence-electron chi connectivity index (χ0n) is 11.3. The van der Waals surface area contributed by atoms with Crippen molar-refractivity contribution >= 4 is 11.4 Å². The largest absolute Gasteiger partial charge is 0.366 e. The highest BCUT2D eigenvalue weighted by Crippen LogP contribution is 2.31. The highest BCUT2D eigenvalue weighted by molar-refractivity contribution is 5.63. The lowest BCUT2D eigenvalue weighted by Gasteiger charge is -2.34. The van der Waals surface area contributed by atoms with E-state index in [9.17, 15) is 10.1 Å². The van der Waals surface area contributed by atoms with E-state index in [4.69, 9.17) is 0 Å². The lowest BCUT2D eigenvalue weighted by Crippen LogP contribution is -2.36. The van der Waals surface area contributed by atoms with Crippen molar-refractivity contribution in [2.24, 2.45) is 5.92 Å². The van der Waals surface area contributed by atoms with Crippen molar-refractivity contribution in [1.82, 2.24) is 5.32 Å². The summed E-state index contributed by atoms with van der Waals surface area (Å²) in [5.41, 5.74) is 0.985. The fourth-order valence-corrected chi connectivity index (χ4v) is 2.75. The third-order valence-corrected chi connectivity index (χ3v) is 3.74. The third kappa shape index (κ3) is 3.44. The summed E-state index contributed by atoms with van der Waals surface area (Å²) >= 11 is 0. The Hall–Kier alpha value is -1.62. The molecule has 1 unspecified atom stereocenters. The number of nitrogens with zero attached hydrogens (tertiary/aromatic N) is 2. The van der Waals surface area contributed by atoms with Gasteiger partial charge in [0.2, 0.25) is 0 Å². The molecule has 0 spiro atoms. The number of para-hydroxylation sites is 2. The Balaban J connectivity index is 2.11. The van der Waals surface area contributed by atoms with E-state index in [2.05, 4.69) is 10.2 Å². The molecule has 0 aromatic heterocycles. The number of nitro benzene ring substituents is 1. The van der Waals surface area contributed by atoms with Gasteiger partial charge >= 0.3 is 0 Å². The topological polar surface area (TPSA) is 58.4 Å². The minimum Gasteiger partial charge on any atom is -0.366 e. The van der Waals surface area contributed by atoms with Gasteiger partial charge in [-0.3, -0.25) is 10.1 Å². The van der Waals surface area contributed by atoms with E-state index in [0.717, 1.165) is 38.2 Å². The SMILES string of the molecule is CNCCC1CCCN(c2ccccc2[N+](=O)[O-])C1.